The Hall–Kier alpha value is -3.31. The van der Waals surface area contributed by atoms with Gasteiger partial charge in [-0.05, 0) is 45.1 Å². The fourth-order valence-corrected chi connectivity index (χ4v) is 4.88. The summed E-state index contributed by atoms with van der Waals surface area (Å²) in [6.45, 7) is 3.57. The van der Waals surface area contributed by atoms with Crippen LogP contribution in [-0.4, -0.2) is 89.0 Å². The normalized spacial score (nSPS) is 16.7. The second kappa shape index (κ2) is 12.1. The van der Waals surface area contributed by atoms with Gasteiger partial charge in [0.25, 0.3) is 0 Å². The number of alkyl halides is 1. The molecule has 1 saturated heterocycles. The predicted molar refractivity (Wildman–Crippen MR) is 139 cm³/mol. The minimum absolute atomic E-state index is 0.152. The SMILES string of the molecule is CNC.O=C(O)c1cc2cnc(Nc3ccc(N4CCN(CCF)CC4)cn3)nc2n1C1CCCC1. The van der Waals surface area contributed by atoms with Crippen LogP contribution in [0.5, 0.6) is 0 Å². The molecule has 2 fully saturated rings. The number of halogens is 1. The molecule has 5 rings (SSSR count). The summed E-state index contributed by atoms with van der Waals surface area (Å²) >= 11 is 0. The van der Waals surface area contributed by atoms with Gasteiger partial charge < -0.3 is 25.2 Å². The van der Waals surface area contributed by atoms with Crippen molar-refractivity contribution in [1.29, 1.82) is 0 Å². The number of aromatic carboxylic acids is 1. The van der Waals surface area contributed by atoms with E-state index in [4.69, 9.17) is 0 Å². The lowest BCUT2D eigenvalue weighted by Gasteiger charge is -2.35. The van der Waals surface area contributed by atoms with Crippen molar-refractivity contribution < 1.29 is 14.3 Å². The summed E-state index contributed by atoms with van der Waals surface area (Å²) in [7, 11) is 3.75. The number of aromatic nitrogens is 4. The van der Waals surface area contributed by atoms with E-state index >= 15 is 0 Å². The highest BCUT2D eigenvalue weighted by Crippen LogP contribution is 2.34. The Morgan fingerprint density at radius 3 is 2.44 bits per heavy atom. The molecule has 0 radical (unpaired) electrons. The van der Waals surface area contributed by atoms with E-state index in [9.17, 15) is 14.3 Å². The molecule has 36 heavy (non-hydrogen) atoms. The number of fused-ring (bicyclic) bond motifs is 1. The maximum Gasteiger partial charge on any atom is 0.352 e. The van der Waals surface area contributed by atoms with Crippen molar-refractivity contribution in [2.24, 2.45) is 0 Å². The van der Waals surface area contributed by atoms with Crippen LogP contribution in [0.3, 0.4) is 0 Å². The van der Waals surface area contributed by atoms with Crippen LogP contribution in [0.2, 0.25) is 0 Å². The summed E-state index contributed by atoms with van der Waals surface area (Å²) in [6, 6.07) is 5.69. The van der Waals surface area contributed by atoms with Gasteiger partial charge in [0.1, 0.15) is 23.8 Å². The van der Waals surface area contributed by atoms with E-state index in [0.717, 1.165) is 62.9 Å². The Morgan fingerprint density at radius 1 is 1.11 bits per heavy atom. The monoisotopic (exact) mass is 498 g/mol. The number of carbonyl (C=O) groups is 1. The van der Waals surface area contributed by atoms with Crippen molar-refractivity contribution in [3.05, 3.63) is 36.3 Å². The van der Waals surface area contributed by atoms with Crippen LogP contribution in [0.15, 0.2) is 30.6 Å². The van der Waals surface area contributed by atoms with Crippen LogP contribution >= 0.6 is 0 Å². The summed E-state index contributed by atoms with van der Waals surface area (Å²) in [5.41, 5.74) is 1.93. The van der Waals surface area contributed by atoms with Gasteiger partial charge in [0.15, 0.2) is 0 Å². The Balaban J connectivity index is 0.000000967. The number of nitrogens with zero attached hydrogens (tertiary/aromatic N) is 6. The molecule has 0 atom stereocenters. The topological polar surface area (TPSA) is 111 Å². The highest BCUT2D eigenvalue weighted by molar-refractivity contribution is 5.93. The van der Waals surface area contributed by atoms with Crippen molar-refractivity contribution in [2.75, 3.05) is 63.7 Å². The summed E-state index contributed by atoms with van der Waals surface area (Å²) in [5.74, 6) is 0.0562. The maximum absolute atomic E-state index is 12.5. The van der Waals surface area contributed by atoms with Gasteiger partial charge in [-0.3, -0.25) is 4.90 Å². The minimum atomic E-state index is -0.947. The predicted octanol–water partition coefficient (Wildman–Crippen LogP) is 3.31. The molecule has 0 spiro atoms. The summed E-state index contributed by atoms with van der Waals surface area (Å²) in [5, 5.41) is 16.3. The number of pyridine rings is 1. The second-order valence-corrected chi connectivity index (χ2v) is 9.16. The zero-order valence-corrected chi connectivity index (χ0v) is 21.0. The molecule has 10 nitrogen and oxygen atoms in total. The lowest BCUT2D eigenvalue weighted by Crippen LogP contribution is -2.47. The van der Waals surface area contributed by atoms with Gasteiger partial charge in [-0.1, -0.05) is 12.8 Å². The number of carboxylic acids is 1. The van der Waals surface area contributed by atoms with Gasteiger partial charge in [-0.25, -0.2) is 19.2 Å². The fourth-order valence-electron chi connectivity index (χ4n) is 4.88. The lowest BCUT2D eigenvalue weighted by atomic mass is 10.2. The van der Waals surface area contributed by atoms with E-state index < -0.39 is 5.97 Å². The van der Waals surface area contributed by atoms with Crippen molar-refractivity contribution in [1.82, 2.24) is 29.7 Å². The Kier molecular flexibility index (Phi) is 8.65. The van der Waals surface area contributed by atoms with Crippen LogP contribution < -0.4 is 15.5 Å². The zero-order valence-electron chi connectivity index (χ0n) is 21.0. The average molecular weight is 499 g/mol. The van der Waals surface area contributed by atoms with Gasteiger partial charge in [0.2, 0.25) is 5.95 Å². The quantitative estimate of drug-likeness (QED) is 0.452. The first-order chi connectivity index (χ1) is 17.5. The standard InChI is InChI=1S/C23H28FN7O2.C2H7N/c24-7-8-29-9-11-30(12-10-29)18-5-6-20(25-15-18)27-23-26-14-16-13-19(22(32)33)31(21(16)28-23)17-3-1-2-4-17;1-3-2/h5-6,13-15,17H,1-4,7-12H2,(H,32,33)(H,25,26,27,28);3H,1-2H3. The summed E-state index contributed by atoms with van der Waals surface area (Å²) in [4.78, 5) is 29.7. The largest absolute Gasteiger partial charge is 0.477 e. The van der Waals surface area contributed by atoms with Crippen LogP contribution in [0.4, 0.5) is 21.8 Å². The van der Waals surface area contributed by atoms with Crippen molar-refractivity contribution >= 4 is 34.5 Å². The number of anilines is 3. The third-order valence-electron chi connectivity index (χ3n) is 6.61. The lowest BCUT2D eigenvalue weighted by molar-refractivity contribution is 0.0683. The van der Waals surface area contributed by atoms with Crippen LogP contribution in [0.1, 0.15) is 42.2 Å². The fraction of sp³-hybridized carbons (Fsp3) is 0.520. The van der Waals surface area contributed by atoms with E-state index in [-0.39, 0.29) is 18.4 Å². The van der Waals surface area contributed by atoms with E-state index in [1.807, 2.05) is 37.0 Å². The highest BCUT2D eigenvalue weighted by Gasteiger charge is 2.25. The summed E-state index contributed by atoms with van der Waals surface area (Å²) in [6.07, 6.45) is 7.59. The maximum atomic E-state index is 12.5. The first kappa shape index (κ1) is 25.8. The van der Waals surface area contributed by atoms with Gasteiger partial charge >= 0.3 is 5.97 Å². The van der Waals surface area contributed by atoms with E-state index in [1.54, 1.807) is 12.3 Å². The number of hydrogen-bond donors (Lipinski definition) is 3. The van der Waals surface area contributed by atoms with Gasteiger partial charge in [-0.2, -0.15) is 4.98 Å². The number of nitrogens with one attached hydrogen (secondary N) is 2. The molecule has 1 saturated carbocycles. The average Bonchev–Trinajstić information content (AvgIpc) is 3.53. The molecule has 3 aromatic rings. The Bertz CT molecular complexity index is 1140. The Labute approximate surface area is 210 Å². The molecule has 1 aliphatic carbocycles. The van der Waals surface area contributed by atoms with Crippen molar-refractivity contribution in [3.8, 4) is 0 Å². The molecular formula is C25H35FN8O2. The van der Waals surface area contributed by atoms with E-state index in [2.05, 4.69) is 35.4 Å². The molecule has 194 valence electrons. The van der Waals surface area contributed by atoms with Gasteiger partial charge in [0.05, 0.1) is 11.9 Å². The molecule has 4 heterocycles. The van der Waals surface area contributed by atoms with Crippen molar-refractivity contribution in [2.45, 2.75) is 31.7 Å². The molecule has 3 N–H and O–H groups in total. The van der Waals surface area contributed by atoms with Crippen molar-refractivity contribution in [3.63, 3.8) is 0 Å². The molecule has 0 aromatic carbocycles. The molecule has 1 aliphatic heterocycles. The number of piperazine rings is 1. The molecule has 0 bridgehead atoms. The van der Waals surface area contributed by atoms with Crippen LogP contribution in [-0.2, 0) is 0 Å². The first-order valence-electron chi connectivity index (χ1n) is 12.5. The van der Waals surface area contributed by atoms with Gasteiger partial charge in [-0.15, -0.1) is 0 Å². The van der Waals surface area contributed by atoms with E-state index in [0.29, 0.717) is 24.0 Å². The smallest absolute Gasteiger partial charge is 0.352 e. The first-order valence-corrected chi connectivity index (χ1v) is 12.5. The second-order valence-electron chi connectivity index (χ2n) is 9.16. The third-order valence-corrected chi connectivity index (χ3v) is 6.61. The molecule has 0 unspecified atom stereocenters. The van der Waals surface area contributed by atoms with Crippen LogP contribution in [0, 0.1) is 0 Å². The minimum Gasteiger partial charge on any atom is -0.477 e. The van der Waals surface area contributed by atoms with Crippen LogP contribution in [0.25, 0.3) is 11.0 Å². The zero-order chi connectivity index (χ0) is 25.5. The molecule has 2 aliphatic rings. The van der Waals surface area contributed by atoms with E-state index in [1.165, 1.54) is 0 Å². The number of hydrogen-bond acceptors (Lipinski definition) is 8. The molecular weight excluding hydrogens is 463 g/mol. The number of rotatable bonds is 7. The molecule has 3 aromatic heterocycles. The Morgan fingerprint density at radius 2 is 1.83 bits per heavy atom. The molecule has 0 amide bonds. The summed E-state index contributed by atoms with van der Waals surface area (Å²) < 4.78 is 14.4. The molecule has 11 heteroatoms. The highest BCUT2D eigenvalue weighted by atomic mass is 19.1. The van der Waals surface area contributed by atoms with Gasteiger partial charge in [0, 0.05) is 50.3 Å². The third kappa shape index (κ3) is 5.90. The number of carboxylic acid groups (broad SMARTS) is 1.